The number of rotatable bonds is 2. The van der Waals surface area contributed by atoms with Gasteiger partial charge in [0.25, 0.3) is 0 Å². The number of allylic oxidation sites excluding steroid dienone is 4. The molecule has 34 heavy (non-hydrogen) atoms. The van der Waals surface area contributed by atoms with Crippen LogP contribution in [0.5, 0.6) is 0 Å². The molecule has 1 saturated carbocycles. The number of nitrogens with one attached hydrogen (secondary N) is 1. The third-order valence-corrected chi connectivity index (χ3v) is 9.00. The quantitative estimate of drug-likeness (QED) is 0.546. The fraction of sp³-hybridized carbons (Fsp3) is 0.567. The maximum absolute atomic E-state index is 12.2. The second kappa shape index (κ2) is 9.56. The molecule has 1 aromatic heterocycles. The summed E-state index contributed by atoms with van der Waals surface area (Å²) in [7, 11) is 3.75. The number of hydrogen-bond donors (Lipinski definition) is 3. The Morgan fingerprint density at radius 2 is 1.88 bits per heavy atom. The first-order valence-corrected chi connectivity index (χ1v) is 12.9. The molecule has 0 aliphatic heterocycles. The van der Waals surface area contributed by atoms with Crippen LogP contribution in [0.4, 0.5) is 0 Å². The average Bonchev–Trinajstić information content (AvgIpc) is 3.09. The number of hydrogen-bond acceptors (Lipinski definition) is 4. The molecule has 1 fully saturated rings. The Morgan fingerprint density at radius 3 is 2.59 bits per heavy atom. The smallest absolute Gasteiger partial charge is 0.0933 e. The molecule has 0 saturated heterocycles. The molecule has 4 nitrogen and oxygen atoms in total. The summed E-state index contributed by atoms with van der Waals surface area (Å²) in [6.07, 6.45) is 20.2. The normalized spacial score (nSPS) is 36.1. The largest absolute Gasteiger partial charge is 0.393 e. The van der Waals surface area contributed by atoms with E-state index in [1.807, 2.05) is 26.4 Å². The Kier molecular flexibility index (Phi) is 7.06. The minimum absolute atomic E-state index is 0.0922. The van der Waals surface area contributed by atoms with E-state index in [-0.39, 0.29) is 22.9 Å². The monoisotopic (exact) mass is 462 g/mol. The average molecular weight is 463 g/mol. The highest BCUT2D eigenvalue weighted by Gasteiger charge is 2.61. The molecule has 1 heterocycles. The van der Waals surface area contributed by atoms with Gasteiger partial charge in [0.1, 0.15) is 0 Å². The van der Waals surface area contributed by atoms with Crippen LogP contribution in [-0.2, 0) is 0 Å². The molecular weight excluding hydrogens is 420 g/mol. The van der Waals surface area contributed by atoms with Crippen molar-refractivity contribution in [3.05, 3.63) is 71.1 Å². The van der Waals surface area contributed by atoms with Gasteiger partial charge in [-0.3, -0.25) is 4.98 Å². The minimum atomic E-state index is -0.806. The summed E-state index contributed by atoms with van der Waals surface area (Å²) in [5, 5.41) is 25.2. The Hall–Kier alpha value is -2.01. The molecule has 0 radical (unpaired) electrons. The van der Waals surface area contributed by atoms with Gasteiger partial charge < -0.3 is 15.5 Å². The van der Waals surface area contributed by atoms with Crippen LogP contribution in [0.15, 0.2) is 65.5 Å². The molecule has 3 N–H and O–H groups in total. The molecule has 0 amide bonds. The molecule has 4 aliphatic carbocycles. The molecule has 184 valence electrons. The van der Waals surface area contributed by atoms with Gasteiger partial charge in [0, 0.05) is 23.7 Å². The molecule has 4 aliphatic rings. The highest BCUT2D eigenvalue weighted by atomic mass is 16.3. The van der Waals surface area contributed by atoms with Crippen molar-refractivity contribution in [2.75, 3.05) is 14.1 Å². The molecule has 5 atom stereocenters. The second-order valence-electron chi connectivity index (χ2n) is 11.4. The van der Waals surface area contributed by atoms with Gasteiger partial charge >= 0.3 is 0 Å². The fourth-order valence-corrected chi connectivity index (χ4v) is 6.86. The third kappa shape index (κ3) is 4.25. The fourth-order valence-electron chi connectivity index (χ4n) is 6.86. The summed E-state index contributed by atoms with van der Waals surface area (Å²) in [6.45, 7) is 6.99. The van der Waals surface area contributed by atoms with Crippen LogP contribution in [0.2, 0.25) is 0 Å². The molecule has 1 aromatic rings. The SMILES string of the molecule is CC1(C)C=C2C=C3CC(O)CCC3CC[C@]2(O)C2CC=C(/C=C/c3cccnc3)C21C.CNC. The van der Waals surface area contributed by atoms with Gasteiger partial charge in [0.15, 0.2) is 0 Å². The molecule has 4 unspecified atom stereocenters. The van der Waals surface area contributed by atoms with Crippen molar-refractivity contribution in [1.29, 1.82) is 0 Å². The highest BCUT2D eigenvalue weighted by Crippen LogP contribution is 2.65. The van der Waals surface area contributed by atoms with Gasteiger partial charge in [-0.15, -0.1) is 0 Å². The molecule has 0 bridgehead atoms. The van der Waals surface area contributed by atoms with Crippen molar-refractivity contribution in [3.8, 4) is 0 Å². The van der Waals surface area contributed by atoms with Crippen LogP contribution in [0.25, 0.3) is 6.08 Å². The number of aliphatic hydroxyl groups is 2. The predicted molar refractivity (Wildman–Crippen MR) is 140 cm³/mol. The Balaban J connectivity index is 0.000000868. The lowest BCUT2D eigenvalue weighted by Gasteiger charge is -2.56. The van der Waals surface area contributed by atoms with Crippen molar-refractivity contribution in [1.82, 2.24) is 10.3 Å². The number of fused-ring (bicyclic) bond motifs is 4. The summed E-state index contributed by atoms with van der Waals surface area (Å²) in [4.78, 5) is 4.23. The van der Waals surface area contributed by atoms with Crippen molar-refractivity contribution < 1.29 is 10.2 Å². The van der Waals surface area contributed by atoms with Gasteiger partial charge in [0.05, 0.1) is 11.7 Å². The summed E-state index contributed by atoms with van der Waals surface area (Å²) in [5.74, 6) is 0.665. The summed E-state index contributed by atoms with van der Waals surface area (Å²) >= 11 is 0. The van der Waals surface area contributed by atoms with E-state index in [9.17, 15) is 10.2 Å². The van der Waals surface area contributed by atoms with Crippen LogP contribution in [0, 0.1) is 22.7 Å². The van der Waals surface area contributed by atoms with E-state index in [0.717, 1.165) is 49.7 Å². The van der Waals surface area contributed by atoms with E-state index >= 15 is 0 Å². The van der Waals surface area contributed by atoms with Crippen LogP contribution in [0.3, 0.4) is 0 Å². The second-order valence-corrected chi connectivity index (χ2v) is 11.4. The highest BCUT2D eigenvalue weighted by molar-refractivity contribution is 5.56. The first kappa shape index (κ1) is 25.1. The van der Waals surface area contributed by atoms with Gasteiger partial charge in [0.2, 0.25) is 0 Å². The van der Waals surface area contributed by atoms with Crippen molar-refractivity contribution in [2.24, 2.45) is 22.7 Å². The summed E-state index contributed by atoms with van der Waals surface area (Å²) in [5.41, 5.74) is 3.82. The molecule has 0 spiro atoms. The molecule has 5 rings (SSSR count). The van der Waals surface area contributed by atoms with E-state index in [0.29, 0.717) is 5.92 Å². The van der Waals surface area contributed by atoms with Crippen LogP contribution in [-0.4, -0.2) is 41.0 Å². The summed E-state index contributed by atoms with van der Waals surface area (Å²) < 4.78 is 0. The van der Waals surface area contributed by atoms with E-state index < -0.39 is 5.60 Å². The zero-order valence-electron chi connectivity index (χ0n) is 21.5. The van der Waals surface area contributed by atoms with E-state index in [2.05, 4.69) is 67.5 Å². The van der Waals surface area contributed by atoms with Crippen LogP contribution in [0.1, 0.15) is 64.9 Å². The zero-order chi connectivity index (χ0) is 24.6. The van der Waals surface area contributed by atoms with E-state index in [4.69, 9.17) is 0 Å². The number of aliphatic hydroxyl groups excluding tert-OH is 1. The van der Waals surface area contributed by atoms with E-state index in [1.54, 1.807) is 6.20 Å². The minimum Gasteiger partial charge on any atom is -0.393 e. The standard InChI is InChI=1S/C28H35NO2.C2H7N/c1-26(2)17-23-15-21-16-24(30)10-7-20(21)12-13-28(23,31)25-11-9-22(27(25,26)3)8-6-19-5-4-14-29-18-19;1-3-2/h4-6,8-9,14-15,17-18,20,24-25,30-31H,7,10-13,16H2,1-3H3;3H,1-2H3/b8-6+;/t20?,24?,25?,27?,28-;/m1./s1. The topological polar surface area (TPSA) is 65.4 Å². The molecular formula is C30H42N2O2. The lowest BCUT2D eigenvalue weighted by Crippen LogP contribution is -2.55. The third-order valence-electron chi connectivity index (χ3n) is 9.00. The first-order chi connectivity index (χ1) is 16.2. The van der Waals surface area contributed by atoms with Gasteiger partial charge in [-0.05, 0) is 86.7 Å². The number of pyridine rings is 1. The van der Waals surface area contributed by atoms with Crippen molar-refractivity contribution in [3.63, 3.8) is 0 Å². The summed E-state index contributed by atoms with van der Waals surface area (Å²) in [6, 6.07) is 4.04. The van der Waals surface area contributed by atoms with Crippen molar-refractivity contribution in [2.45, 2.75) is 71.0 Å². The maximum Gasteiger partial charge on any atom is 0.0933 e. The van der Waals surface area contributed by atoms with Gasteiger partial charge in [-0.25, -0.2) is 0 Å². The molecule has 0 aromatic carbocycles. The van der Waals surface area contributed by atoms with E-state index in [1.165, 1.54) is 11.1 Å². The lowest BCUT2D eigenvalue weighted by molar-refractivity contribution is -0.0715. The number of aromatic nitrogens is 1. The van der Waals surface area contributed by atoms with Crippen LogP contribution < -0.4 is 5.32 Å². The van der Waals surface area contributed by atoms with Gasteiger partial charge in [-0.2, -0.15) is 0 Å². The number of nitrogens with zero attached hydrogens (tertiary/aromatic N) is 1. The Bertz CT molecular complexity index is 1010. The van der Waals surface area contributed by atoms with Gasteiger partial charge in [-0.1, -0.05) is 62.8 Å². The lowest BCUT2D eigenvalue weighted by atomic mass is 9.49. The predicted octanol–water partition coefficient (Wildman–Crippen LogP) is 5.46. The molecule has 4 heteroatoms. The first-order valence-electron chi connectivity index (χ1n) is 12.9. The Labute approximate surface area is 205 Å². The maximum atomic E-state index is 12.2. The zero-order valence-corrected chi connectivity index (χ0v) is 21.5. The van der Waals surface area contributed by atoms with Crippen molar-refractivity contribution >= 4 is 6.08 Å². The Morgan fingerprint density at radius 1 is 1.12 bits per heavy atom. The van der Waals surface area contributed by atoms with Crippen LogP contribution >= 0.6 is 0 Å².